The normalized spacial score (nSPS) is 14.2. The highest BCUT2D eigenvalue weighted by Gasteiger charge is 2.31. The van der Waals surface area contributed by atoms with Crippen LogP contribution in [0.1, 0.15) is 18.5 Å². The fourth-order valence-electron chi connectivity index (χ4n) is 1.66. The summed E-state index contributed by atoms with van der Waals surface area (Å²) in [5.41, 5.74) is 0.908. The Labute approximate surface area is 92.9 Å². The van der Waals surface area contributed by atoms with E-state index in [1.165, 1.54) is 6.20 Å². The van der Waals surface area contributed by atoms with E-state index in [2.05, 4.69) is 4.98 Å². The second-order valence-electron chi connectivity index (χ2n) is 3.74. The van der Waals surface area contributed by atoms with Crippen molar-refractivity contribution in [2.45, 2.75) is 18.9 Å². The zero-order chi connectivity index (χ0) is 11.5. The zero-order valence-electron chi connectivity index (χ0n) is 8.63. The lowest BCUT2D eigenvalue weighted by atomic mass is 10.2. The number of hydrogen-bond acceptors (Lipinski definition) is 4. The summed E-state index contributed by atoms with van der Waals surface area (Å²) in [7, 11) is 0. The molecule has 0 unspecified atom stereocenters. The largest absolute Gasteiger partial charge is 0.480 e. The maximum Gasteiger partial charge on any atom is 0.323 e. The highest BCUT2D eigenvalue weighted by Crippen LogP contribution is 2.32. The smallest absolute Gasteiger partial charge is 0.323 e. The fourth-order valence-corrected chi connectivity index (χ4v) is 1.66. The van der Waals surface area contributed by atoms with Crippen molar-refractivity contribution >= 4 is 11.7 Å². The highest BCUT2D eigenvalue weighted by atomic mass is 16.4. The monoisotopic (exact) mass is 217 g/mol. The van der Waals surface area contributed by atoms with Crippen LogP contribution < -0.4 is 4.90 Å². The molecule has 0 radical (unpaired) electrons. The number of anilines is 1. The summed E-state index contributed by atoms with van der Waals surface area (Å²) in [5.74, 6) is -0.889. The molecule has 0 saturated heterocycles. The highest BCUT2D eigenvalue weighted by molar-refractivity contribution is 5.75. The maximum atomic E-state index is 10.8. The minimum atomic E-state index is -0.889. The van der Waals surface area contributed by atoms with Crippen molar-refractivity contribution in [1.82, 2.24) is 4.98 Å². The van der Waals surface area contributed by atoms with E-state index in [1.807, 2.05) is 6.07 Å². The molecule has 1 aromatic rings. The van der Waals surface area contributed by atoms with Gasteiger partial charge in [0.15, 0.2) is 5.69 Å². The summed E-state index contributed by atoms with van der Waals surface area (Å²) in [6, 6.07) is 5.69. The summed E-state index contributed by atoms with van der Waals surface area (Å²) in [4.78, 5) is 16.5. The predicted molar refractivity (Wildman–Crippen MR) is 57.0 cm³/mol. The SMILES string of the molecule is N#Cc1ncccc1N(CC(=O)O)C1CC1. The number of aromatic nitrogens is 1. The van der Waals surface area contributed by atoms with Crippen LogP contribution in [0.25, 0.3) is 0 Å². The van der Waals surface area contributed by atoms with Crippen molar-refractivity contribution in [3.63, 3.8) is 0 Å². The molecule has 1 saturated carbocycles. The lowest BCUT2D eigenvalue weighted by Gasteiger charge is -2.22. The van der Waals surface area contributed by atoms with Gasteiger partial charge in [0.1, 0.15) is 12.6 Å². The number of carbonyl (C=O) groups is 1. The maximum absolute atomic E-state index is 10.8. The van der Waals surface area contributed by atoms with Crippen LogP contribution in [0.4, 0.5) is 5.69 Å². The minimum absolute atomic E-state index is 0.0783. The molecule has 1 aliphatic rings. The Hall–Kier alpha value is -2.09. The molecule has 0 atom stereocenters. The van der Waals surface area contributed by atoms with Crippen LogP contribution in [0.15, 0.2) is 18.3 Å². The van der Waals surface area contributed by atoms with Crippen LogP contribution in [0.3, 0.4) is 0 Å². The first-order valence-electron chi connectivity index (χ1n) is 5.06. The molecule has 5 nitrogen and oxygen atoms in total. The third kappa shape index (κ3) is 2.11. The molecule has 0 aromatic carbocycles. The number of carboxylic acid groups (broad SMARTS) is 1. The Bertz CT molecular complexity index is 449. The van der Waals surface area contributed by atoms with Gasteiger partial charge < -0.3 is 10.0 Å². The molecule has 0 bridgehead atoms. The zero-order valence-corrected chi connectivity index (χ0v) is 8.63. The first-order valence-corrected chi connectivity index (χ1v) is 5.06. The van der Waals surface area contributed by atoms with Crippen molar-refractivity contribution in [2.24, 2.45) is 0 Å². The van der Waals surface area contributed by atoms with Crippen molar-refractivity contribution in [3.05, 3.63) is 24.0 Å². The number of nitriles is 1. The van der Waals surface area contributed by atoms with E-state index in [0.717, 1.165) is 12.8 Å². The molecule has 1 aliphatic carbocycles. The number of rotatable bonds is 4. The van der Waals surface area contributed by atoms with Gasteiger partial charge in [-0.05, 0) is 25.0 Å². The first-order chi connectivity index (χ1) is 7.72. The molecule has 0 amide bonds. The quantitative estimate of drug-likeness (QED) is 0.814. The molecule has 1 aromatic heterocycles. The predicted octanol–water partition coefficient (Wildman–Crippen LogP) is 1.01. The molecule has 2 rings (SSSR count). The van der Waals surface area contributed by atoms with Gasteiger partial charge in [-0.25, -0.2) is 4.98 Å². The number of pyridine rings is 1. The summed E-state index contributed by atoms with van der Waals surface area (Å²) in [5, 5.41) is 17.8. The van der Waals surface area contributed by atoms with Gasteiger partial charge in [0.25, 0.3) is 0 Å². The molecule has 1 N–H and O–H groups in total. The second-order valence-corrected chi connectivity index (χ2v) is 3.74. The van der Waals surface area contributed by atoms with E-state index in [-0.39, 0.29) is 18.3 Å². The van der Waals surface area contributed by atoms with Crippen molar-refractivity contribution < 1.29 is 9.90 Å². The van der Waals surface area contributed by atoms with E-state index in [1.54, 1.807) is 17.0 Å². The number of nitrogens with zero attached hydrogens (tertiary/aromatic N) is 3. The minimum Gasteiger partial charge on any atom is -0.480 e. The summed E-state index contributed by atoms with van der Waals surface area (Å²) in [6.07, 6.45) is 3.49. The molecule has 1 fully saturated rings. The van der Waals surface area contributed by atoms with Crippen molar-refractivity contribution in [1.29, 1.82) is 5.26 Å². The molecular formula is C11H11N3O2. The van der Waals surface area contributed by atoms with Gasteiger partial charge >= 0.3 is 5.97 Å². The standard InChI is InChI=1S/C11H11N3O2/c12-6-9-10(2-1-5-13-9)14(7-11(15)16)8-3-4-8/h1-2,5,8H,3-4,7H2,(H,15,16). The van der Waals surface area contributed by atoms with Gasteiger partial charge in [0, 0.05) is 12.2 Å². The summed E-state index contributed by atoms with van der Waals surface area (Å²) in [6.45, 7) is -0.0783. The second kappa shape index (κ2) is 4.19. The van der Waals surface area contributed by atoms with Gasteiger partial charge in [-0.3, -0.25) is 4.79 Å². The van der Waals surface area contributed by atoms with Crippen LogP contribution in [0, 0.1) is 11.3 Å². The Balaban J connectivity index is 2.31. The van der Waals surface area contributed by atoms with E-state index in [9.17, 15) is 4.79 Å². The van der Waals surface area contributed by atoms with Crippen molar-refractivity contribution in [2.75, 3.05) is 11.4 Å². The first kappa shape index (κ1) is 10.4. The lowest BCUT2D eigenvalue weighted by molar-refractivity contribution is -0.135. The number of carboxylic acids is 1. The van der Waals surface area contributed by atoms with Crippen LogP contribution in [-0.2, 0) is 4.79 Å². The molecule has 16 heavy (non-hydrogen) atoms. The van der Waals surface area contributed by atoms with Crippen molar-refractivity contribution in [3.8, 4) is 6.07 Å². The third-order valence-corrected chi connectivity index (χ3v) is 2.49. The molecular weight excluding hydrogens is 206 g/mol. The van der Waals surface area contributed by atoms with E-state index >= 15 is 0 Å². The van der Waals surface area contributed by atoms with Gasteiger partial charge in [-0.1, -0.05) is 0 Å². The van der Waals surface area contributed by atoms with Crippen LogP contribution in [-0.4, -0.2) is 28.6 Å². The number of hydrogen-bond donors (Lipinski definition) is 1. The van der Waals surface area contributed by atoms with Crippen LogP contribution >= 0.6 is 0 Å². The Morgan fingerprint density at radius 1 is 1.69 bits per heavy atom. The number of aliphatic carboxylic acids is 1. The fraction of sp³-hybridized carbons (Fsp3) is 0.364. The average molecular weight is 217 g/mol. The molecule has 0 spiro atoms. The third-order valence-electron chi connectivity index (χ3n) is 2.49. The molecule has 82 valence electrons. The molecule has 0 aliphatic heterocycles. The van der Waals surface area contributed by atoms with E-state index < -0.39 is 5.97 Å². The lowest BCUT2D eigenvalue weighted by Crippen LogP contribution is -2.32. The topological polar surface area (TPSA) is 77.2 Å². The summed E-state index contributed by atoms with van der Waals surface area (Å²) < 4.78 is 0. The molecule has 5 heteroatoms. The van der Waals surface area contributed by atoms with Gasteiger partial charge in [-0.2, -0.15) is 5.26 Å². The Morgan fingerprint density at radius 3 is 3.00 bits per heavy atom. The average Bonchev–Trinajstić information content (AvgIpc) is 3.09. The van der Waals surface area contributed by atoms with Gasteiger partial charge in [0.2, 0.25) is 0 Å². The Morgan fingerprint density at radius 2 is 2.44 bits per heavy atom. The van der Waals surface area contributed by atoms with Gasteiger partial charge in [0.05, 0.1) is 5.69 Å². The molecule has 1 heterocycles. The van der Waals surface area contributed by atoms with Crippen LogP contribution in [0.2, 0.25) is 0 Å². The van der Waals surface area contributed by atoms with E-state index in [4.69, 9.17) is 10.4 Å². The summed E-state index contributed by atoms with van der Waals surface area (Å²) >= 11 is 0. The Kier molecular flexibility index (Phi) is 2.73. The van der Waals surface area contributed by atoms with Crippen LogP contribution in [0.5, 0.6) is 0 Å². The van der Waals surface area contributed by atoms with Gasteiger partial charge in [-0.15, -0.1) is 0 Å². The van der Waals surface area contributed by atoms with E-state index in [0.29, 0.717) is 5.69 Å².